The maximum atomic E-state index is 12.7. The first-order valence-corrected chi connectivity index (χ1v) is 10.5. The predicted octanol–water partition coefficient (Wildman–Crippen LogP) is 2.91. The van der Waals surface area contributed by atoms with E-state index in [9.17, 15) is 13.2 Å². The summed E-state index contributed by atoms with van der Waals surface area (Å²) in [5.41, 5.74) is 1.91. The first-order valence-electron chi connectivity index (χ1n) is 9.02. The lowest BCUT2D eigenvalue weighted by Crippen LogP contribution is -2.22. The van der Waals surface area contributed by atoms with Crippen molar-refractivity contribution in [1.82, 2.24) is 4.31 Å². The van der Waals surface area contributed by atoms with E-state index in [1.54, 1.807) is 6.07 Å². The van der Waals surface area contributed by atoms with Crippen molar-refractivity contribution < 1.29 is 22.7 Å². The maximum absolute atomic E-state index is 12.7. The van der Waals surface area contributed by atoms with Gasteiger partial charge in [0.2, 0.25) is 10.0 Å². The minimum absolute atomic E-state index is 0.0848. The zero-order chi connectivity index (χ0) is 20.5. The van der Waals surface area contributed by atoms with Gasteiger partial charge in [0.25, 0.3) is 5.91 Å². The number of fused-ring (bicyclic) bond motifs is 1. The molecule has 1 atom stereocenters. The van der Waals surface area contributed by atoms with Crippen molar-refractivity contribution in [2.75, 3.05) is 26.0 Å². The molecular formula is C20H24N2O5S. The quantitative estimate of drug-likeness (QED) is 0.800. The lowest BCUT2D eigenvalue weighted by Gasteiger charge is -2.14. The summed E-state index contributed by atoms with van der Waals surface area (Å²) in [5.74, 6) is 0.957. The number of ether oxygens (including phenoxy) is 2. The summed E-state index contributed by atoms with van der Waals surface area (Å²) in [5, 5.41) is 2.83. The molecule has 0 fully saturated rings. The molecule has 0 saturated heterocycles. The normalized spacial score (nSPS) is 15.8. The van der Waals surface area contributed by atoms with Crippen molar-refractivity contribution in [2.45, 2.75) is 31.3 Å². The van der Waals surface area contributed by atoms with Crippen LogP contribution < -0.4 is 14.8 Å². The number of carbonyl (C=O) groups excluding carboxylic acids is 1. The molecule has 0 aromatic heterocycles. The fraction of sp³-hybridized carbons (Fsp3) is 0.350. The zero-order valence-electron chi connectivity index (χ0n) is 16.4. The molecule has 0 radical (unpaired) electrons. The monoisotopic (exact) mass is 404 g/mol. The molecule has 0 unspecified atom stereocenters. The smallest absolute Gasteiger partial charge is 0.255 e. The van der Waals surface area contributed by atoms with Crippen molar-refractivity contribution in [3.8, 4) is 11.5 Å². The van der Waals surface area contributed by atoms with Gasteiger partial charge in [0.05, 0.1) is 17.2 Å². The van der Waals surface area contributed by atoms with Gasteiger partial charge in [-0.3, -0.25) is 4.79 Å². The lowest BCUT2D eigenvalue weighted by molar-refractivity contribution is 0.102. The molecule has 28 heavy (non-hydrogen) atoms. The van der Waals surface area contributed by atoms with Crippen LogP contribution in [0.4, 0.5) is 5.69 Å². The van der Waals surface area contributed by atoms with Crippen LogP contribution in [0.3, 0.4) is 0 Å². The van der Waals surface area contributed by atoms with Gasteiger partial charge in [-0.1, -0.05) is 0 Å². The number of hydrogen-bond donors (Lipinski definition) is 1. The predicted molar refractivity (Wildman–Crippen MR) is 107 cm³/mol. The number of hydrogen-bond acceptors (Lipinski definition) is 5. The minimum Gasteiger partial charge on any atom is -0.492 e. The zero-order valence-corrected chi connectivity index (χ0v) is 17.2. The molecule has 0 bridgehead atoms. The third kappa shape index (κ3) is 3.98. The molecule has 1 heterocycles. The highest BCUT2D eigenvalue weighted by Crippen LogP contribution is 2.38. The van der Waals surface area contributed by atoms with Crippen LogP contribution in [0, 0.1) is 0 Å². The summed E-state index contributed by atoms with van der Waals surface area (Å²) in [6.07, 6.45) is 0.882. The van der Waals surface area contributed by atoms with Crippen LogP contribution in [0.25, 0.3) is 0 Å². The van der Waals surface area contributed by atoms with Crippen molar-refractivity contribution in [2.24, 2.45) is 0 Å². The van der Waals surface area contributed by atoms with Crippen LogP contribution in [0.2, 0.25) is 0 Å². The Morgan fingerprint density at radius 2 is 1.93 bits per heavy atom. The SMILES string of the molecule is CCOc1cc2c(cc1NC(=O)c1ccc(S(=O)(=O)N(C)C)cc1)O[C@@H](C)C2. The Morgan fingerprint density at radius 1 is 1.25 bits per heavy atom. The van der Waals surface area contributed by atoms with Gasteiger partial charge in [-0.2, -0.15) is 0 Å². The van der Waals surface area contributed by atoms with Crippen molar-refractivity contribution >= 4 is 21.6 Å². The molecule has 1 N–H and O–H groups in total. The molecule has 1 aliphatic heterocycles. The van der Waals surface area contributed by atoms with Crippen LogP contribution in [-0.2, 0) is 16.4 Å². The van der Waals surface area contributed by atoms with Gasteiger partial charge in [-0.15, -0.1) is 0 Å². The topological polar surface area (TPSA) is 84.9 Å². The van der Waals surface area contributed by atoms with E-state index in [0.29, 0.717) is 23.6 Å². The molecule has 1 aliphatic rings. The van der Waals surface area contributed by atoms with E-state index < -0.39 is 10.0 Å². The van der Waals surface area contributed by atoms with Crippen molar-refractivity contribution in [1.29, 1.82) is 0 Å². The molecule has 0 saturated carbocycles. The van der Waals surface area contributed by atoms with Gasteiger partial charge >= 0.3 is 0 Å². The lowest BCUT2D eigenvalue weighted by atomic mass is 10.1. The average molecular weight is 404 g/mol. The second-order valence-corrected chi connectivity index (χ2v) is 8.94. The third-order valence-corrected chi connectivity index (χ3v) is 6.27. The number of amides is 1. The molecule has 2 aromatic rings. The maximum Gasteiger partial charge on any atom is 0.255 e. The van der Waals surface area contributed by atoms with Crippen molar-refractivity contribution in [3.05, 3.63) is 47.5 Å². The number of benzene rings is 2. The summed E-state index contributed by atoms with van der Waals surface area (Å²) in [6, 6.07) is 9.47. The number of carbonyl (C=O) groups is 1. The molecule has 150 valence electrons. The summed E-state index contributed by atoms with van der Waals surface area (Å²) in [7, 11) is -0.619. The van der Waals surface area contributed by atoms with Crippen LogP contribution in [-0.4, -0.2) is 45.4 Å². The van der Waals surface area contributed by atoms with Gasteiger partial charge in [0, 0.05) is 37.7 Å². The van der Waals surface area contributed by atoms with Crippen LogP contribution in [0.1, 0.15) is 29.8 Å². The van der Waals surface area contributed by atoms with Gasteiger partial charge in [0.15, 0.2) is 0 Å². The Kier molecular flexibility index (Phi) is 5.62. The van der Waals surface area contributed by atoms with Crippen LogP contribution >= 0.6 is 0 Å². The van der Waals surface area contributed by atoms with E-state index in [1.165, 1.54) is 38.4 Å². The fourth-order valence-electron chi connectivity index (χ4n) is 3.00. The molecule has 0 spiro atoms. The van der Waals surface area contributed by atoms with E-state index in [0.717, 1.165) is 22.0 Å². The third-order valence-electron chi connectivity index (χ3n) is 4.44. The Hall–Kier alpha value is -2.58. The summed E-state index contributed by atoms with van der Waals surface area (Å²) in [4.78, 5) is 12.8. The van der Waals surface area contributed by atoms with E-state index in [1.807, 2.05) is 19.9 Å². The summed E-state index contributed by atoms with van der Waals surface area (Å²) >= 11 is 0. The summed E-state index contributed by atoms with van der Waals surface area (Å²) < 4.78 is 36.9. The number of anilines is 1. The number of nitrogens with zero attached hydrogens (tertiary/aromatic N) is 1. The summed E-state index contributed by atoms with van der Waals surface area (Å²) in [6.45, 7) is 4.33. The average Bonchev–Trinajstić information content (AvgIpc) is 3.01. The fourth-order valence-corrected chi connectivity index (χ4v) is 3.90. The van der Waals surface area contributed by atoms with Gasteiger partial charge in [-0.25, -0.2) is 12.7 Å². The second kappa shape index (κ2) is 7.81. The van der Waals surface area contributed by atoms with Gasteiger partial charge < -0.3 is 14.8 Å². The molecule has 2 aromatic carbocycles. The Morgan fingerprint density at radius 3 is 2.54 bits per heavy atom. The van der Waals surface area contributed by atoms with Crippen molar-refractivity contribution in [3.63, 3.8) is 0 Å². The van der Waals surface area contributed by atoms with Gasteiger partial charge in [0.1, 0.15) is 17.6 Å². The van der Waals surface area contributed by atoms with E-state index >= 15 is 0 Å². The van der Waals surface area contributed by atoms with Crippen LogP contribution in [0.15, 0.2) is 41.3 Å². The Labute approximate surface area is 165 Å². The number of nitrogens with one attached hydrogen (secondary N) is 1. The number of rotatable bonds is 6. The molecule has 8 heteroatoms. The molecule has 0 aliphatic carbocycles. The Balaban J connectivity index is 1.84. The highest BCUT2D eigenvalue weighted by Gasteiger charge is 2.23. The van der Waals surface area contributed by atoms with Crippen LogP contribution in [0.5, 0.6) is 11.5 Å². The van der Waals surface area contributed by atoms with E-state index in [2.05, 4.69) is 5.32 Å². The van der Waals surface area contributed by atoms with E-state index in [4.69, 9.17) is 9.47 Å². The molecule has 7 nitrogen and oxygen atoms in total. The highest BCUT2D eigenvalue weighted by molar-refractivity contribution is 7.89. The molecule has 1 amide bonds. The largest absolute Gasteiger partial charge is 0.492 e. The standard InChI is InChI=1S/C20H24N2O5S/c1-5-26-19-11-15-10-13(2)27-18(15)12-17(19)21-20(23)14-6-8-16(9-7-14)28(24,25)22(3)4/h6-9,11-13H,5,10H2,1-4H3,(H,21,23)/t13-/m0/s1. The van der Waals surface area contributed by atoms with E-state index in [-0.39, 0.29) is 16.9 Å². The number of sulfonamides is 1. The molecular weight excluding hydrogens is 380 g/mol. The highest BCUT2D eigenvalue weighted by atomic mass is 32.2. The minimum atomic E-state index is -3.54. The first-order chi connectivity index (χ1) is 13.2. The molecule has 3 rings (SSSR count). The first kappa shape index (κ1) is 20.2. The van der Waals surface area contributed by atoms with Gasteiger partial charge in [-0.05, 0) is 44.2 Å². The Bertz CT molecular complexity index is 984. The second-order valence-electron chi connectivity index (χ2n) is 6.79.